The third-order valence-electron chi connectivity index (χ3n) is 5.81. The first kappa shape index (κ1) is 26.5. The van der Waals surface area contributed by atoms with Crippen LogP contribution in [0.5, 0.6) is 0 Å². The quantitative estimate of drug-likeness (QED) is 0.461. The molecule has 2 N–H and O–H groups in total. The molecule has 8 heteroatoms. The van der Waals surface area contributed by atoms with E-state index in [1.807, 2.05) is 18.2 Å². The number of nitrogens with one attached hydrogen (secondary N) is 2. The molecular formula is C27H36N4O3S. The Balaban J connectivity index is 1.96. The highest BCUT2D eigenvalue weighted by atomic mass is 32.2. The van der Waals surface area contributed by atoms with Crippen molar-refractivity contribution in [2.75, 3.05) is 48.9 Å². The molecule has 2 aromatic rings. The lowest BCUT2D eigenvalue weighted by molar-refractivity contribution is 0.0791. The molecule has 3 rings (SSSR count). The molecule has 1 fully saturated rings. The highest BCUT2D eigenvalue weighted by Crippen LogP contribution is 2.30. The summed E-state index contributed by atoms with van der Waals surface area (Å²) < 4.78 is 29.4. The van der Waals surface area contributed by atoms with Gasteiger partial charge in [0.2, 0.25) is 0 Å². The van der Waals surface area contributed by atoms with Gasteiger partial charge in [0.15, 0.2) is 0 Å². The van der Waals surface area contributed by atoms with Gasteiger partial charge in [0.05, 0.1) is 16.3 Å². The van der Waals surface area contributed by atoms with Crippen LogP contribution in [0.1, 0.15) is 29.8 Å². The molecule has 0 aliphatic carbocycles. The maximum absolute atomic E-state index is 13.3. The zero-order valence-electron chi connectivity index (χ0n) is 20.7. The molecule has 0 saturated carbocycles. The maximum atomic E-state index is 13.3. The van der Waals surface area contributed by atoms with Crippen LogP contribution in [-0.4, -0.2) is 58.5 Å². The Morgan fingerprint density at radius 2 is 1.71 bits per heavy atom. The Bertz CT molecular complexity index is 1130. The van der Waals surface area contributed by atoms with Gasteiger partial charge in [0, 0.05) is 44.8 Å². The Hall–Kier alpha value is -3.10. The van der Waals surface area contributed by atoms with E-state index in [9.17, 15) is 13.2 Å². The second kappa shape index (κ2) is 12.0. The molecule has 0 aromatic heterocycles. The number of carbonyl (C=O) groups is 1. The van der Waals surface area contributed by atoms with E-state index in [2.05, 4.69) is 41.9 Å². The fourth-order valence-electron chi connectivity index (χ4n) is 4.15. The zero-order chi connectivity index (χ0) is 25.4. The van der Waals surface area contributed by atoms with E-state index in [1.54, 1.807) is 41.3 Å². The number of piperazine rings is 1. The van der Waals surface area contributed by atoms with Crippen LogP contribution in [0, 0.1) is 5.92 Å². The fraction of sp³-hybridized carbons (Fsp3) is 0.370. The van der Waals surface area contributed by atoms with Crippen molar-refractivity contribution in [3.8, 4) is 0 Å². The van der Waals surface area contributed by atoms with Crippen molar-refractivity contribution in [3.63, 3.8) is 0 Å². The average Bonchev–Trinajstić information content (AvgIpc) is 2.84. The first-order valence-electron chi connectivity index (χ1n) is 12.0. The van der Waals surface area contributed by atoms with Crippen molar-refractivity contribution < 1.29 is 13.2 Å². The number of amides is 1. The molecule has 7 nitrogen and oxygen atoms in total. The molecule has 1 saturated heterocycles. The van der Waals surface area contributed by atoms with Crippen LogP contribution in [0.4, 0.5) is 11.4 Å². The summed E-state index contributed by atoms with van der Waals surface area (Å²) in [6, 6.07) is 12.2. The van der Waals surface area contributed by atoms with E-state index >= 15 is 0 Å². The van der Waals surface area contributed by atoms with Gasteiger partial charge in [-0.1, -0.05) is 38.1 Å². The summed E-state index contributed by atoms with van der Waals surface area (Å²) >= 11 is 0. The van der Waals surface area contributed by atoms with Crippen LogP contribution in [0.15, 0.2) is 72.7 Å². The third kappa shape index (κ3) is 6.96. The summed E-state index contributed by atoms with van der Waals surface area (Å²) in [6.07, 6.45) is 4.20. The highest BCUT2D eigenvalue weighted by molar-refractivity contribution is 7.92. The standard InChI is InChI=1S/C27H36N4O3S/c1-5-15-31(16-6-2)27(32)23-9-12-26(30-17-13-28-14-18-30)25(20-23)29-35(33,34)24-10-7-22(8-11-24)19-21(3)4/h5-12,20-21,28-29H,1-2,13-19H2,3-4H3. The van der Waals surface area contributed by atoms with Crippen molar-refractivity contribution in [1.82, 2.24) is 10.2 Å². The van der Waals surface area contributed by atoms with E-state index in [0.717, 1.165) is 43.9 Å². The number of anilines is 2. The van der Waals surface area contributed by atoms with Gasteiger partial charge in [-0.25, -0.2) is 8.42 Å². The third-order valence-corrected chi connectivity index (χ3v) is 7.19. The number of rotatable bonds is 11. The van der Waals surface area contributed by atoms with Gasteiger partial charge in [-0.3, -0.25) is 9.52 Å². The van der Waals surface area contributed by atoms with Crippen LogP contribution < -0.4 is 14.9 Å². The summed E-state index contributed by atoms with van der Waals surface area (Å²) in [5.41, 5.74) is 2.64. The molecule has 1 aliphatic heterocycles. The van der Waals surface area contributed by atoms with E-state index in [1.165, 1.54) is 0 Å². The highest BCUT2D eigenvalue weighted by Gasteiger charge is 2.22. The number of nitrogens with zero attached hydrogens (tertiary/aromatic N) is 2. The summed E-state index contributed by atoms with van der Waals surface area (Å²) in [6.45, 7) is 15.5. The summed E-state index contributed by atoms with van der Waals surface area (Å²) in [4.78, 5) is 17.1. The molecule has 1 aliphatic rings. The predicted octanol–water partition coefficient (Wildman–Crippen LogP) is 3.91. The van der Waals surface area contributed by atoms with Crippen LogP contribution in [0.25, 0.3) is 0 Å². The van der Waals surface area contributed by atoms with Crippen LogP contribution in [-0.2, 0) is 16.4 Å². The van der Waals surface area contributed by atoms with E-state index in [4.69, 9.17) is 0 Å². The van der Waals surface area contributed by atoms with Crippen molar-refractivity contribution in [2.24, 2.45) is 5.92 Å². The average molecular weight is 497 g/mol. The monoisotopic (exact) mass is 496 g/mol. The van der Waals surface area contributed by atoms with Gasteiger partial charge < -0.3 is 15.1 Å². The van der Waals surface area contributed by atoms with Crippen molar-refractivity contribution in [1.29, 1.82) is 0 Å². The molecule has 0 spiro atoms. The molecule has 35 heavy (non-hydrogen) atoms. The second-order valence-electron chi connectivity index (χ2n) is 9.10. The first-order valence-corrected chi connectivity index (χ1v) is 13.5. The minimum absolute atomic E-state index is 0.188. The molecule has 1 heterocycles. The molecule has 2 aromatic carbocycles. The first-order chi connectivity index (χ1) is 16.7. The van der Waals surface area contributed by atoms with Crippen molar-refractivity contribution in [2.45, 2.75) is 25.2 Å². The zero-order valence-corrected chi connectivity index (χ0v) is 21.5. The van der Waals surface area contributed by atoms with Gasteiger partial charge >= 0.3 is 0 Å². The number of hydrogen-bond donors (Lipinski definition) is 2. The Labute approximate surface area is 209 Å². The van der Waals surface area contributed by atoms with Crippen LogP contribution >= 0.6 is 0 Å². The summed E-state index contributed by atoms with van der Waals surface area (Å²) in [7, 11) is -3.85. The van der Waals surface area contributed by atoms with E-state index in [-0.39, 0.29) is 10.8 Å². The Morgan fingerprint density at radius 3 is 2.29 bits per heavy atom. The number of benzene rings is 2. The molecule has 0 unspecified atom stereocenters. The van der Waals surface area contributed by atoms with Gasteiger partial charge in [-0.15, -0.1) is 13.2 Å². The lowest BCUT2D eigenvalue weighted by Crippen LogP contribution is -2.43. The molecule has 1 amide bonds. The number of hydrogen-bond acceptors (Lipinski definition) is 5. The van der Waals surface area contributed by atoms with Gasteiger partial charge in [0.25, 0.3) is 15.9 Å². The lowest BCUT2D eigenvalue weighted by Gasteiger charge is -2.31. The minimum atomic E-state index is -3.85. The molecule has 0 radical (unpaired) electrons. The molecule has 188 valence electrons. The minimum Gasteiger partial charge on any atom is -0.367 e. The topological polar surface area (TPSA) is 81.8 Å². The van der Waals surface area contributed by atoms with Crippen LogP contribution in [0.2, 0.25) is 0 Å². The maximum Gasteiger partial charge on any atom is 0.261 e. The van der Waals surface area contributed by atoms with E-state index < -0.39 is 10.0 Å². The van der Waals surface area contributed by atoms with Crippen LogP contribution in [0.3, 0.4) is 0 Å². The fourth-order valence-corrected chi connectivity index (χ4v) is 5.21. The molecular weight excluding hydrogens is 460 g/mol. The molecule has 0 atom stereocenters. The summed E-state index contributed by atoms with van der Waals surface area (Å²) in [5.74, 6) is 0.273. The second-order valence-corrected chi connectivity index (χ2v) is 10.8. The van der Waals surface area contributed by atoms with Gasteiger partial charge in [-0.05, 0) is 48.2 Å². The number of sulfonamides is 1. The van der Waals surface area contributed by atoms with Gasteiger partial charge in [-0.2, -0.15) is 0 Å². The summed E-state index contributed by atoms with van der Waals surface area (Å²) in [5, 5.41) is 3.31. The molecule has 0 bridgehead atoms. The lowest BCUT2D eigenvalue weighted by atomic mass is 10.0. The van der Waals surface area contributed by atoms with Gasteiger partial charge in [0.1, 0.15) is 0 Å². The van der Waals surface area contributed by atoms with Crippen molar-refractivity contribution >= 4 is 27.3 Å². The normalized spacial score (nSPS) is 14.0. The smallest absolute Gasteiger partial charge is 0.261 e. The Kier molecular flexibility index (Phi) is 9.12. The SMILES string of the molecule is C=CCN(CC=C)C(=O)c1ccc(N2CCNCC2)c(NS(=O)(=O)c2ccc(CC(C)C)cc2)c1. The largest absolute Gasteiger partial charge is 0.367 e. The number of carbonyl (C=O) groups excluding carboxylic acids is 1. The predicted molar refractivity (Wildman–Crippen MR) is 144 cm³/mol. The van der Waals surface area contributed by atoms with E-state index in [0.29, 0.717) is 30.3 Å². The Morgan fingerprint density at radius 1 is 1.09 bits per heavy atom. The van der Waals surface area contributed by atoms with Crippen molar-refractivity contribution in [3.05, 3.63) is 78.9 Å².